The molecular formula is C19H19ClF2O2S. The molecular weight excluding hydrogens is 366 g/mol. The van der Waals surface area contributed by atoms with Crippen LogP contribution in [-0.4, -0.2) is 8.42 Å². The zero-order valence-electron chi connectivity index (χ0n) is 14.0. The summed E-state index contributed by atoms with van der Waals surface area (Å²) in [6.07, 6.45) is 1.07. The molecule has 134 valence electrons. The van der Waals surface area contributed by atoms with Crippen LogP contribution >= 0.6 is 11.6 Å². The van der Waals surface area contributed by atoms with Gasteiger partial charge in [0.2, 0.25) is 0 Å². The molecule has 25 heavy (non-hydrogen) atoms. The lowest BCUT2D eigenvalue weighted by Gasteiger charge is -2.42. The van der Waals surface area contributed by atoms with Gasteiger partial charge in [-0.15, -0.1) is 0 Å². The molecule has 0 aromatic heterocycles. The third-order valence-corrected chi connectivity index (χ3v) is 8.12. The molecule has 0 saturated heterocycles. The highest BCUT2D eigenvalue weighted by Gasteiger charge is 2.52. The van der Waals surface area contributed by atoms with Crippen LogP contribution < -0.4 is 0 Å². The van der Waals surface area contributed by atoms with Gasteiger partial charge in [-0.3, -0.25) is 0 Å². The Labute approximate surface area is 151 Å². The molecule has 6 heteroatoms. The van der Waals surface area contributed by atoms with E-state index in [-0.39, 0.29) is 22.4 Å². The Morgan fingerprint density at radius 1 is 1.04 bits per heavy atom. The molecule has 1 atom stereocenters. The van der Waals surface area contributed by atoms with Gasteiger partial charge in [0, 0.05) is 10.6 Å². The van der Waals surface area contributed by atoms with Crippen LogP contribution in [0.3, 0.4) is 0 Å². The second-order valence-electron chi connectivity index (χ2n) is 6.74. The maximum absolute atomic E-state index is 14.8. The van der Waals surface area contributed by atoms with Crippen LogP contribution in [0.2, 0.25) is 5.02 Å². The monoisotopic (exact) mass is 384 g/mol. The van der Waals surface area contributed by atoms with Gasteiger partial charge in [0.1, 0.15) is 16.4 Å². The first kappa shape index (κ1) is 18.3. The minimum Gasteiger partial charge on any atom is -0.223 e. The van der Waals surface area contributed by atoms with Crippen molar-refractivity contribution in [3.05, 3.63) is 64.2 Å². The van der Waals surface area contributed by atoms with Crippen LogP contribution in [0.4, 0.5) is 8.78 Å². The Bertz CT molecular complexity index is 908. The third kappa shape index (κ3) is 2.68. The van der Waals surface area contributed by atoms with Gasteiger partial charge in [0.05, 0.1) is 4.90 Å². The zero-order chi connectivity index (χ0) is 18.4. The largest absolute Gasteiger partial charge is 0.223 e. The number of benzene rings is 2. The Balaban J connectivity index is 2.35. The van der Waals surface area contributed by atoms with Crippen molar-refractivity contribution < 1.29 is 17.2 Å². The maximum Gasteiger partial charge on any atom is 0.188 e. The van der Waals surface area contributed by atoms with Crippen molar-refractivity contribution in [1.29, 1.82) is 0 Å². The van der Waals surface area contributed by atoms with Gasteiger partial charge in [0.25, 0.3) is 0 Å². The number of sulfone groups is 1. The molecule has 1 aliphatic rings. The van der Waals surface area contributed by atoms with Crippen LogP contribution in [-0.2, 0) is 21.0 Å². The molecule has 0 radical (unpaired) electrons. The molecule has 1 aliphatic carbocycles. The van der Waals surface area contributed by atoms with Gasteiger partial charge < -0.3 is 0 Å². The first-order valence-corrected chi connectivity index (χ1v) is 10.1. The minimum atomic E-state index is -3.96. The molecule has 1 unspecified atom stereocenters. The topological polar surface area (TPSA) is 34.1 Å². The predicted octanol–water partition coefficient (Wildman–Crippen LogP) is 5.28. The van der Waals surface area contributed by atoms with Gasteiger partial charge in [-0.2, -0.15) is 0 Å². The summed E-state index contributed by atoms with van der Waals surface area (Å²) in [6, 6.07) is 7.93. The first-order valence-electron chi connectivity index (χ1n) is 8.19. The standard InChI is InChI=1S/C19H19ClF2O2S/c1-12(2)19(25(23,24)14-7-5-13(20)6-8-14)11-3-4-15-16(21)9-10-17(22)18(15)19/h5-10,12H,3-4,11H2,1-2H3. The van der Waals surface area contributed by atoms with E-state index in [1.807, 2.05) is 0 Å². The molecule has 0 fully saturated rings. The van der Waals surface area contributed by atoms with E-state index in [1.165, 1.54) is 24.3 Å². The van der Waals surface area contributed by atoms with Crippen LogP contribution in [0.15, 0.2) is 41.3 Å². The van der Waals surface area contributed by atoms with Crippen LogP contribution in [0.5, 0.6) is 0 Å². The smallest absolute Gasteiger partial charge is 0.188 e. The summed E-state index contributed by atoms with van der Waals surface area (Å²) in [4.78, 5) is 0.0714. The highest BCUT2D eigenvalue weighted by Crippen LogP contribution is 2.51. The highest BCUT2D eigenvalue weighted by atomic mass is 35.5. The molecule has 2 aromatic rings. The Morgan fingerprint density at radius 3 is 2.24 bits per heavy atom. The quantitative estimate of drug-likeness (QED) is 0.721. The molecule has 0 aliphatic heterocycles. The van der Waals surface area contributed by atoms with Crippen molar-refractivity contribution in [1.82, 2.24) is 0 Å². The number of hydrogen-bond donors (Lipinski definition) is 0. The predicted molar refractivity (Wildman–Crippen MR) is 94.4 cm³/mol. The molecule has 2 nitrogen and oxygen atoms in total. The fraction of sp³-hybridized carbons (Fsp3) is 0.368. The highest BCUT2D eigenvalue weighted by molar-refractivity contribution is 7.92. The maximum atomic E-state index is 14.8. The van der Waals surface area contributed by atoms with Crippen molar-refractivity contribution in [2.24, 2.45) is 5.92 Å². The summed E-state index contributed by atoms with van der Waals surface area (Å²) >= 11 is 5.87. The van der Waals surface area contributed by atoms with E-state index >= 15 is 0 Å². The van der Waals surface area contributed by atoms with E-state index in [2.05, 4.69) is 0 Å². The van der Waals surface area contributed by atoms with Crippen molar-refractivity contribution >= 4 is 21.4 Å². The summed E-state index contributed by atoms with van der Waals surface area (Å²) in [5.74, 6) is -1.64. The van der Waals surface area contributed by atoms with E-state index in [1.54, 1.807) is 13.8 Å². The van der Waals surface area contributed by atoms with E-state index < -0.39 is 32.1 Å². The van der Waals surface area contributed by atoms with Crippen molar-refractivity contribution in [3.63, 3.8) is 0 Å². The molecule has 0 spiro atoms. The molecule has 3 rings (SSSR count). The molecule has 0 N–H and O–H groups in total. The van der Waals surface area contributed by atoms with Crippen LogP contribution in [0.1, 0.15) is 37.8 Å². The van der Waals surface area contributed by atoms with Crippen LogP contribution in [0, 0.1) is 17.6 Å². The average molecular weight is 385 g/mol. The van der Waals surface area contributed by atoms with Gasteiger partial charge in [-0.25, -0.2) is 17.2 Å². The zero-order valence-corrected chi connectivity index (χ0v) is 15.6. The van der Waals surface area contributed by atoms with Crippen molar-refractivity contribution in [2.75, 3.05) is 0 Å². The summed E-state index contributed by atoms with van der Waals surface area (Å²) in [7, 11) is -3.96. The molecule has 0 saturated carbocycles. The SMILES string of the molecule is CC(C)C1(S(=O)(=O)c2ccc(Cl)cc2)CCCc2c(F)ccc(F)c21. The lowest BCUT2D eigenvalue weighted by Crippen LogP contribution is -2.45. The normalized spacial score (nSPS) is 20.6. The first-order chi connectivity index (χ1) is 11.7. The summed E-state index contributed by atoms with van der Waals surface area (Å²) in [5, 5.41) is 0.416. The lowest BCUT2D eigenvalue weighted by atomic mass is 9.75. The van der Waals surface area contributed by atoms with Gasteiger partial charge >= 0.3 is 0 Å². The van der Waals surface area contributed by atoms with Crippen molar-refractivity contribution in [2.45, 2.75) is 42.8 Å². The minimum absolute atomic E-state index is 0.0105. The third-order valence-electron chi connectivity index (χ3n) is 5.14. The van der Waals surface area contributed by atoms with E-state index in [4.69, 9.17) is 11.6 Å². The van der Waals surface area contributed by atoms with Crippen molar-refractivity contribution in [3.8, 4) is 0 Å². The summed E-state index contributed by atoms with van der Waals surface area (Å²) in [5.41, 5.74) is 0.168. The van der Waals surface area contributed by atoms with Gasteiger partial charge in [-0.1, -0.05) is 25.4 Å². The number of halogens is 3. The lowest BCUT2D eigenvalue weighted by molar-refractivity contribution is 0.341. The fourth-order valence-electron chi connectivity index (χ4n) is 3.93. The van der Waals surface area contributed by atoms with Gasteiger partial charge in [0.15, 0.2) is 9.84 Å². The Morgan fingerprint density at radius 2 is 1.64 bits per heavy atom. The summed E-state index contributed by atoms with van der Waals surface area (Å²) < 4.78 is 54.7. The molecule has 0 bridgehead atoms. The Kier molecular flexibility index (Phi) is 4.67. The second kappa shape index (κ2) is 6.36. The second-order valence-corrected chi connectivity index (χ2v) is 9.38. The number of rotatable bonds is 3. The van der Waals surface area contributed by atoms with E-state index in [0.717, 1.165) is 12.1 Å². The van der Waals surface area contributed by atoms with Gasteiger partial charge in [-0.05, 0) is 67.1 Å². The number of fused-ring (bicyclic) bond motifs is 1. The summed E-state index contributed by atoms with van der Waals surface area (Å²) in [6.45, 7) is 3.49. The molecule has 0 heterocycles. The van der Waals surface area contributed by atoms with Crippen LogP contribution in [0.25, 0.3) is 0 Å². The fourth-order valence-corrected chi connectivity index (χ4v) is 6.49. The molecule has 2 aromatic carbocycles. The molecule has 0 amide bonds. The van der Waals surface area contributed by atoms with E-state index in [9.17, 15) is 17.2 Å². The average Bonchev–Trinajstić information content (AvgIpc) is 2.57. The Hall–Kier alpha value is -1.46. The van der Waals surface area contributed by atoms with E-state index in [0.29, 0.717) is 17.9 Å². The number of hydrogen-bond acceptors (Lipinski definition) is 2.